The number of hydrogen-bond donors (Lipinski definition) is 3. The molecule has 116 valence electrons. The summed E-state index contributed by atoms with van der Waals surface area (Å²) < 4.78 is 0. The Morgan fingerprint density at radius 1 is 1.19 bits per heavy atom. The van der Waals surface area contributed by atoms with Gasteiger partial charge in [-0.15, -0.1) is 0 Å². The van der Waals surface area contributed by atoms with Gasteiger partial charge in [0.05, 0.1) is 0 Å². The van der Waals surface area contributed by atoms with E-state index < -0.39 is 5.97 Å². The molecule has 0 fully saturated rings. The van der Waals surface area contributed by atoms with Gasteiger partial charge in [-0.3, -0.25) is 9.78 Å². The standard InChI is InChI=1S/C15H23N3O3/c1-15(2,6-3-13(19)20)7-10-17-14(21)18-11-12-4-8-16-9-5-12/h4-5,8-9H,3,6-7,10-11H2,1-2H3,(H,19,20)(H2,17,18,21). The Kier molecular flexibility index (Phi) is 6.65. The lowest BCUT2D eigenvalue weighted by Gasteiger charge is -2.23. The number of rotatable bonds is 8. The van der Waals surface area contributed by atoms with E-state index in [2.05, 4.69) is 15.6 Å². The van der Waals surface area contributed by atoms with E-state index in [4.69, 9.17) is 5.11 Å². The van der Waals surface area contributed by atoms with Crippen molar-refractivity contribution in [2.75, 3.05) is 6.54 Å². The Balaban J connectivity index is 2.19. The number of hydrogen-bond acceptors (Lipinski definition) is 3. The molecule has 0 bridgehead atoms. The first-order valence-corrected chi connectivity index (χ1v) is 7.01. The molecule has 21 heavy (non-hydrogen) atoms. The van der Waals surface area contributed by atoms with E-state index in [9.17, 15) is 9.59 Å². The van der Waals surface area contributed by atoms with E-state index in [1.165, 1.54) is 0 Å². The molecule has 0 radical (unpaired) electrons. The number of amides is 2. The average molecular weight is 293 g/mol. The van der Waals surface area contributed by atoms with E-state index in [0.29, 0.717) is 19.5 Å². The van der Waals surface area contributed by atoms with Crippen LogP contribution in [-0.2, 0) is 11.3 Å². The topological polar surface area (TPSA) is 91.3 Å². The maximum atomic E-state index is 11.6. The molecule has 3 N–H and O–H groups in total. The molecule has 0 saturated heterocycles. The smallest absolute Gasteiger partial charge is 0.315 e. The largest absolute Gasteiger partial charge is 0.481 e. The maximum Gasteiger partial charge on any atom is 0.315 e. The second-order valence-corrected chi connectivity index (χ2v) is 5.77. The zero-order valence-electron chi connectivity index (χ0n) is 12.6. The summed E-state index contributed by atoms with van der Waals surface area (Å²) in [5, 5.41) is 14.2. The van der Waals surface area contributed by atoms with Crippen molar-refractivity contribution in [3.05, 3.63) is 30.1 Å². The third-order valence-corrected chi connectivity index (χ3v) is 3.31. The minimum absolute atomic E-state index is 0.100. The second-order valence-electron chi connectivity index (χ2n) is 5.77. The normalized spacial score (nSPS) is 11.0. The molecule has 0 atom stereocenters. The van der Waals surface area contributed by atoms with Crippen LogP contribution < -0.4 is 10.6 Å². The number of carbonyl (C=O) groups excluding carboxylic acids is 1. The number of pyridine rings is 1. The average Bonchev–Trinajstić information content (AvgIpc) is 2.44. The van der Waals surface area contributed by atoms with Crippen LogP contribution in [0.4, 0.5) is 4.79 Å². The molecule has 6 nitrogen and oxygen atoms in total. The fourth-order valence-electron chi connectivity index (χ4n) is 1.83. The number of nitrogens with zero attached hydrogens (tertiary/aromatic N) is 1. The third-order valence-electron chi connectivity index (χ3n) is 3.31. The Morgan fingerprint density at radius 2 is 1.86 bits per heavy atom. The number of nitrogens with one attached hydrogen (secondary N) is 2. The zero-order valence-corrected chi connectivity index (χ0v) is 12.6. The molecule has 1 rings (SSSR count). The number of urea groups is 1. The predicted molar refractivity (Wildman–Crippen MR) is 79.7 cm³/mol. The highest BCUT2D eigenvalue weighted by atomic mass is 16.4. The highest BCUT2D eigenvalue weighted by Crippen LogP contribution is 2.25. The van der Waals surface area contributed by atoms with Gasteiger partial charge in [0.15, 0.2) is 0 Å². The van der Waals surface area contributed by atoms with E-state index in [-0.39, 0.29) is 17.9 Å². The fourth-order valence-corrected chi connectivity index (χ4v) is 1.83. The van der Waals surface area contributed by atoms with Crippen LogP contribution in [0.15, 0.2) is 24.5 Å². The van der Waals surface area contributed by atoms with Crippen LogP contribution in [0.5, 0.6) is 0 Å². The van der Waals surface area contributed by atoms with Crippen LogP contribution >= 0.6 is 0 Å². The Hall–Kier alpha value is -2.11. The Bertz CT molecular complexity index is 460. The summed E-state index contributed by atoms with van der Waals surface area (Å²) in [7, 11) is 0. The van der Waals surface area contributed by atoms with Gasteiger partial charge in [-0.1, -0.05) is 13.8 Å². The molecule has 0 saturated carbocycles. The lowest BCUT2D eigenvalue weighted by atomic mass is 9.84. The van der Waals surface area contributed by atoms with Gasteiger partial charge < -0.3 is 15.7 Å². The minimum Gasteiger partial charge on any atom is -0.481 e. The molecular weight excluding hydrogens is 270 g/mol. The SMILES string of the molecule is CC(C)(CCNC(=O)NCc1ccncc1)CCC(=O)O. The van der Waals surface area contributed by atoms with Gasteiger partial charge in [-0.25, -0.2) is 4.79 Å². The summed E-state index contributed by atoms with van der Waals surface area (Å²) in [6.45, 7) is 4.99. The van der Waals surface area contributed by atoms with Gasteiger partial charge in [0.25, 0.3) is 0 Å². The molecular formula is C15H23N3O3. The van der Waals surface area contributed by atoms with Crippen LogP contribution in [0.1, 0.15) is 38.7 Å². The first kappa shape index (κ1) is 16.9. The van der Waals surface area contributed by atoms with Crippen molar-refractivity contribution in [3.8, 4) is 0 Å². The van der Waals surface area contributed by atoms with Crippen molar-refractivity contribution < 1.29 is 14.7 Å². The van der Waals surface area contributed by atoms with Gasteiger partial charge in [0.2, 0.25) is 0 Å². The molecule has 0 spiro atoms. The molecule has 0 aliphatic rings. The third kappa shape index (κ3) is 7.91. The molecule has 0 aromatic carbocycles. The first-order chi connectivity index (χ1) is 9.89. The summed E-state index contributed by atoms with van der Waals surface area (Å²) >= 11 is 0. The monoisotopic (exact) mass is 293 g/mol. The van der Waals surface area contributed by atoms with Crippen molar-refractivity contribution in [2.24, 2.45) is 5.41 Å². The minimum atomic E-state index is -0.786. The summed E-state index contributed by atoms with van der Waals surface area (Å²) in [4.78, 5) is 26.1. The van der Waals surface area contributed by atoms with Gasteiger partial charge in [0, 0.05) is 31.9 Å². The maximum absolute atomic E-state index is 11.6. The van der Waals surface area contributed by atoms with Crippen molar-refractivity contribution >= 4 is 12.0 Å². The van der Waals surface area contributed by atoms with Gasteiger partial charge in [0.1, 0.15) is 0 Å². The van der Waals surface area contributed by atoms with Gasteiger partial charge >= 0.3 is 12.0 Å². The van der Waals surface area contributed by atoms with E-state index >= 15 is 0 Å². The summed E-state index contributed by atoms with van der Waals surface area (Å²) in [5.41, 5.74) is 0.887. The molecule has 2 amide bonds. The van der Waals surface area contributed by atoms with Crippen molar-refractivity contribution in [1.82, 2.24) is 15.6 Å². The molecule has 1 aromatic heterocycles. The number of carboxylic acid groups (broad SMARTS) is 1. The van der Waals surface area contributed by atoms with Crippen molar-refractivity contribution in [2.45, 2.75) is 39.7 Å². The molecule has 0 aliphatic carbocycles. The summed E-state index contributed by atoms with van der Waals surface area (Å²) in [6, 6.07) is 3.46. The van der Waals surface area contributed by atoms with E-state index in [1.54, 1.807) is 12.4 Å². The van der Waals surface area contributed by atoms with Crippen LogP contribution in [0, 0.1) is 5.41 Å². The van der Waals surface area contributed by atoms with Crippen molar-refractivity contribution in [1.29, 1.82) is 0 Å². The predicted octanol–water partition coefficient (Wildman–Crippen LogP) is 2.16. The van der Waals surface area contributed by atoms with Crippen LogP contribution in [0.25, 0.3) is 0 Å². The summed E-state index contributed by atoms with van der Waals surface area (Å²) in [6.07, 6.45) is 4.85. The number of aromatic nitrogens is 1. The van der Waals surface area contributed by atoms with E-state index in [0.717, 1.165) is 12.0 Å². The van der Waals surface area contributed by atoms with E-state index in [1.807, 2.05) is 26.0 Å². The Morgan fingerprint density at radius 3 is 2.48 bits per heavy atom. The van der Waals surface area contributed by atoms with Crippen LogP contribution in [0.2, 0.25) is 0 Å². The van der Waals surface area contributed by atoms with Gasteiger partial charge in [-0.2, -0.15) is 0 Å². The van der Waals surface area contributed by atoms with Crippen LogP contribution in [-0.4, -0.2) is 28.6 Å². The zero-order chi connectivity index (χ0) is 15.7. The Labute approximate surface area is 125 Å². The fraction of sp³-hybridized carbons (Fsp3) is 0.533. The van der Waals surface area contributed by atoms with Gasteiger partial charge in [-0.05, 0) is 36.0 Å². The molecule has 1 aromatic rings. The highest BCUT2D eigenvalue weighted by Gasteiger charge is 2.19. The number of aliphatic carboxylic acids is 1. The lowest BCUT2D eigenvalue weighted by molar-refractivity contribution is -0.137. The second kappa shape index (κ2) is 8.24. The van der Waals surface area contributed by atoms with Crippen molar-refractivity contribution in [3.63, 3.8) is 0 Å². The highest BCUT2D eigenvalue weighted by molar-refractivity contribution is 5.73. The summed E-state index contributed by atoms with van der Waals surface area (Å²) in [5.74, 6) is -0.786. The quantitative estimate of drug-likeness (QED) is 0.685. The molecule has 0 unspecified atom stereocenters. The first-order valence-electron chi connectivity index (χ1n) is 7.01. The molecule has 6 heteroatoms. The van der Waals surface area contributed by atoms with Crippen LogP contribution in [0.3, 0.4) is 0 Å². The number of carboxylic acids is 1. The molecule has 0 aliphatic heterocycles. The lowest BCUT2D eigenvalue weighted by Crippen LogP contribution is -2.37. The number of carbonyl (C=O) groups is 2. The molecule has 1 heterocycles.